The molecule has 1 aliphatic rings. The smallest absolute Gasteiger partial charge is 0.461 e. The molecule has 1 amide bonds. The molecular weight excluding hydrogens is 342 g/mol. The van der Waals surface area contributed by atoms with Gasteiger partial charge >= 0.3 is 18.2 Å². The van der Waals surface area contributed by atoms with Gasteiger partial charge in [-0.2, -0.15) is 0 Å². The zero-order valence-electron chi connectivity index (χ0n) is 17.0. The molecule has 8 heteroatoms. The highest BCUT2D eigenvalue weighted by Gasteiger charge is 2.44. The molecule has 1 rings (SSSR count). The molecule has 1 saturated heterocycles. The molecule has 8 nitrogen and oxygen atoms in total. The molecule has 1 fully saturated rings. The molecular formula is C18H31NO7. The summed E-state index contributed by atoms with van der Waals surface area (Å²) in [6, 6.07) is -0.875. The first kappa shape index (κ1) is 22.1. The highest BCUT2D eigenvalue weighted by molar-refractivity contribution is 5.82. The van der Waals surface area contributed by atoms with Crippen molar-refractivity contribution in [2.24, 2.45) is 0 Å². The lowest BCUT2D eigenvalue weighted by atomic mass is 10.2. The van der Waals surface area contributed by atoms with Gasteiger partial charge in [-0.3, -0.25) is 4.90 Å². The molecule has 0 unspecified atom stereocenters. The van der Waals surface area contributed by atoms with E-state index in [1.807, 2.05) is 0 Å². The lowest BCUT2D eigenvalue weighted by Crippen LogP contribution is -2.44. The molecule has 0 bridgehead atoms. The van der Waals surface area contributed by atoms with Crippen LogP contribution in [0.3, 0.4) is 0 Å². The van der Waals surface area contributed by atoms with E-state index in [0.717, 1.165) is 0 Å². The van der Waals surface area contributed by atoms with Gasteiger partial charge in [0.25, 0.3) is 0 Å². The predicted octanol–water partition coefficient (Wildman–Crippen LogP) is 3.27. The molecule has 150 valence electrons. The monoisotopic (exact) mass is 373 g/mol. The van der Waals surface area contributed by atoms with Crippen molar-refractivity contribution in [1.29, 1.82) is 0 Å². The van der Waals surface area contributed by atoms with Gasteiger partial charge in [-0.15, -0.1) is 0 Å². The number of rotatable bonds is 3. The Hall–Kier alpha value is -1.99. The molecule has 0 aromatic carbocycles. The maximum atomic E-state index is 12.4. The summed E-state index contributed by atoms with van der Waals surface area (Å²) in [4.78, 5) is 37.9. The number of nitrogens with zero attached hydrogens (tertiary/aromatic N) is 1. The van der Waals surface area contributed by atoms with Crippen LogP contribution >= 0.6 is 0 Å². The quantitative estimate of drug-likeness (QED) is 0.554. The van der Waals surface area contributed by atoms with Gasteiger partial charge in [0.2, 0.25) is 0 Å². The minimum absolute atomic E-state index is 0.0337. The summed E-state index contributed by atoms with van der Waals surface area (Å²) in [5.41, 5.74) is -1.41. The normalized spacial score (nSPS) is 20.7. The number of esters is 1. The van der Waals surface area contributed by atoms with Gasteiger partial charge in [0, 0.05) is 6.42 Å². The van der Waals surface area contributed by atoms with E-state index in [-0.39, 0.29) is 19.1 Å². The van der Waals surface area contributed by atoms with Crippen LogP contribution in [0.15, 0.2) is 0 Å². The second-order valence-corrected chi connectivity index (χ2v) is 8.57. The van der Waals surface area contributed by atoms with Crippen molar-refractivity contribution in [3.8, 4) is 0 Å². The third-order valence-electron chi connectivity index (χ3n) is 3.17. The van der Waals surface area contributed by atoms with Gasteiger partial charge in [-0.1, -0.05) is 0 Å². The number of hydrogen-bond donors (Lipinski definition) is 0. The molecule has 1 heterocycles. The standard InChI is InChI=1S/C18H31NO7/c1-11(2)23-14(20)13-9-12(24-16(22)26-18(6,7)8)10-19(13)15(21)25-17(3,4)5/h11-13H,9-10H2,1-8H3/t12-,13+/m1/s1. The third kappa shape index (κ3) is 7.49. The van der Waals surface area contributed by atoms with E-state index in [1.165, 1.54) is 4.90 Å². The third-order valence-corrected chi connectivity index (χ3v) is 3.17. The fourth-order valence-corrected chi connectivity index (χ4v) is 2.35. The molecule has 1 aliphatic heterocycles. The van der Waals surface area contributed by atoms with Crippen molar-refractivity contribution in [1.82, 2.24) is 4.90 Å². The molecule has 26 heavy (non-hydrogen) atoms. The molecule has 0 radical (unpaired) electrons. The summed E-state index contributed by atoms with van der Waals surface area (Å²) in [6.07, 6.45) is -2.37. The van der Waals surface area contributed by atoms with E-state index in [4.69, 9.17) is 18.9 Å². The van der Waals surface area contributed by atoms with Gasteiger partial charge in [0.1, 0.15) is 23.3 Å². The minimum Gasteiger partial charge on any atom is -0.461 e. The highest BCUT2D eigenvalue weighted by Crippen LogP contribution is 2.25. The van der Waals surface area contributed by atoms with Gasteiger partial charge in [-0.05, 0) is 55.4 Å². The zero-order valence-corrected chi connectivity index (χ0v) is 17.0. The average Bonchev–Trinajstić information content (AvgIpc) is 2.77. The summed E-state index contributed by atoms with van der Waals surface area (Å²) in [6.45, 7) is 13.8. The molecule has 0 N–H and O–H groups in total. The largest absolute Gasteiger partial charge is 0.509 e. The fraction of sp³-hybridized carbons (Fsp3) is 0.833. The van der Waals surface area contributed by atoms with E-state index in [1.54, 1.807) is 55.4 Å². The summed E-state index contributed by atoms with van der Waals surface area (Å²) in [5, 5.41) is 0. The van der Waals surface area contributed by atoms with Crippen LogP contribution < -0.4 is 0 Å². The van der Waals surface area contributed by atoms with Gasteiger partial charge in [0.15, 0.2) is 0 Å². The van der Waals surface area contributed by atoms with Gasteiger partial charge in [-0.25, -0.2) is 14.4 Å². The van der Waals surface area contributed by atoms with Crippen molar-refractivity contribution in [3.63, 3.8) is 0 Å². The van der Waals surface area contributed by atoms with Gasteiger partial charge < -0.3 is 18.9 Å². The number of hydrogen-bond acceptors (Lipinski definition) is 7. The Morgan fingerprint density at radius 1 is 0.962 bits per heavy atom. The minimum atomic E-state index is -0.875. The number of carbonyl (C=O) groups is 3. The van der Waals surface area contributed by atoms with Crippen LogP contribution in [-0.2, 0) is 23.7 Å². The van der Waals surface area contributed by atoms with Crippen molar-refractivity contribution in [2.75, 3.05) is 6.54 Å². The maximum absolute atomic E-state index is 12.4. The number of amides is 1. The average molecular weight is 373 g/mol. The van der Waals surface area contributed by atoms with Gasteiger partial charge in [0.05, 0.1) is 12.6 Å². The van der Waals surface area contributed by atoms with E-state index < -0.39 is 41.6 Å². The Balaban J connectivity index is 2.85. The fourth-order valence-electron chi connectivity index (χ4n) is 2.35. The van der Waals surface area contributed by atoms with E-state index in [9.17, 15) is 14.4 Å². The topological polar surface area (TPSA) is 91.4 Å². The summed E-state index contributed by atoms with van der Waals surface area (Å²) in [7, 11) is 0. The Morgan fingerprint density at radius 2 is 1.50 bits per heavy atom. The molecule has 0 spiro atoms. The molecule has 0 aromatic rings. The van der Waals surface area contributed by atoms with Crippen LogP contribution in [0.5, 0.6) is 0 Å². The molecule has 0 aliphatic carbocycles. The predicted molar refractivity (Wildman–Crippen MR) is 93.7 cm³/mol. The van der Waals surface area contributed by atoms with Crippen LogP contribution in [0.25, 0.3) is 0 Å². The van der Waals surface area contributed by atoms with Crippen molar-refractivity contribution in [2.45, 2.75) is 91.3 Å². The maximum Gasteiger partial charge on any atom is 0.509 e. The summed E-state index contributed by atoms with van der Waals surface area (Å²) in [5.74, 6) is -0.554. The SMILES string of the molecule is CC(C)OC(=O)[C@@H]1C[C@@H](OC(=O)OC(C)(C)C)CN1C(=O)OC(C)(C)C. The van der Waals surface area contributed by atoms with E-state index in [0.29, 0.717) is 0 Å². The Bertz CT molecular complexity index is 531. The van der Waals surface area contributed by atoms with E-state index >= 15 is 0 Å². The molecule has 2 atom stereocenters. The first-order chi connectivity index (χ1) is 11.7. The second kappa shape index (κ2) is 8.14. The van der Waals surface area contributed by atoms with Crippen LogP contribution in [0.2, 0.25) is 0 Å². The second-order valence-electron chi connectivity index (χ2n) is 8.57. The Kier molecular flexibility index (Phi) is 6.90. The Labute approximate surface area is 155 Å². The lowest BCUT2D eigenvalue weighted by Gasteiger charge is -2.27. The van der Waals surface area contributed by atoms with Crippen LogP contribution in [0, 0.1) is 0 Å². The molecule has 0 aromatic heterocycles. The van der Waals surface area contributed by atoms with Crippen molar-refractivity contribution in [3.05, 3.63) is 0 Å². The van der Waals surface area contributed by atoms with Crippen LogP contribution in [0.1, 0.15) is 61.8 Å². The summed E-state index contributed by atoms with van der Waals surface area (Å²) >= 11 is 0. The van der Waals surface area contributed by atoms with E-state index in [2.05, 4.69) is 0 Å². The Morgan fingerprint density at radius 3 is 1.96 bits per heavy atom. The number of carbonyl (C=O) groups excluding carboxylic acids is 3. The van der Waals surface area contributed by atoms with Crippen molar-refractivity contribution < 1.29 is 33.3 Å². The number of ether oxygens (including phenoxy) is 4. The first-order valence-corrected chi connectivity index (χ1v) is 8.77. The van der Waals surface area contributed by atoms with Crippen LogP contribution in [-0.4, -0.2) is 59.1 Å². The van der Waals surface area contributed by atoms with Crippen LogP contribution in [0.4, 0.5) is 9.59 Å². The zero-order chi connectivity index (χ0) is 20.3. The number of likely N-dealkylation sites (tertiary alicyclic amines) is 1. The lowest BCUT2D eigenvalue weighted by molar-refractivity contribution is -0.152. The molecule has 0 saturated carbocycles. The van der Waals surface area contributed by atoms with Crippen molar-refractivity contribution >= 4 is 18.2 Å². The first-order valence-electron chi connectivity index (χ1n) is 8.77. The highest BCUT2D eigenvalue weighted by atomic mass is 16.7. The summed E-state index contributed by atoms with van der Waals surface area (Å²) < 4.78 is 21.0.